The molecule has 1 aliphatic rings. The molecular weight excluding hydrogens is 386 g/mol. The number of piperazine rings is 1. The summed E-state index contributed by atoms with van der Waals surface area (Å²) in [6.45, 7) is 4.33. The minimum Gasteiger partial charge on any atom is -0.368 e. The molecule has 0 bridgehead atoms. The number of pyridine rings is 1. The molecule has 1 N–H and O–H groups in total. The van der Waals surface area contributed by atoms with Crippen molar-refractivity contribution < 1.29 is 9.59 Å². The number of ketones is 1. The van der Waals surface area contributed by atoms with Crippen molar-refractivity contribution >= 4 is 39.5 Å². The second kappa shape index (κ2) is 8.40. The molecule has 0 unspecified atom stereocenters. The molecule has 0 saturated carbocycles. The summed E-state index contributed by atoms with van der Waals surface area (Å²) < 4.78 is 0. The zero-order chi connectivity index (χ0) is 20.2. The maximum atomic E-state index is 12.8. The van der Waals surface area contributed by atoms with Crippen LogP contribution in [0.2, 0.25) is 0 Å². The summed E-state index contributed by atoms with van der Waals surface area (Å²) in [5, 5.41) is 5.62. The summed E-state index contributed by atoms with van der Waals surface area (Å²) >= 11 is 1.40. The summed E-state index contributed by atoms with van der Waals surface area (Å²) in [6.07, 6.45) is 3.42. The van der Waals surface area contributed by atoms with Crippen LogP contribution in [0.4, 0.5) is 16.5 Å². The number of carbonyl (C=O) groups is 2. The van der Waals surface area contributed by atoms with E-state index >= 15 is 0 Å². The Kier molecular flexibility index (Phi) is 5.53. The highest BCUT2D eigenvalue weighted by atomic mass is 32.1. The van der Waals surface area contributed by atoms with Gasteiger partial charge in [-0.25, -0.2) is 4.98 Å². The molecule has 1 aromatic carbocycles. The van der Waals surface area contributed by atoms with E-state index in [4.69, 9.17) is 0 Å². The number of carbonyl (C=O) groups excluding carboxylic acids is 2. The second-order valence-electron chi connectivity index (χ2n) is 6.79. The van der Waals surface area contributed by atoms with Crippen LogP contribution in [0, 0.1) is 0 Å². The quantitative estimate of drug-likeness (QED) is 0.653. The van der Waals surface area contributed by atoms with E-state index in [1.807, 2.05) is 41.3 Å². The molecule has 8 heteroatoms. The Hall–Kier alpha value is -3.26. The Bertz CT molecular complexity index is 995. The number of benzene rings is 1. The van der Waals surface area contributed by atoms with Crippen LogP contribution in [0.25, 0.3) is 0 Å². The molecule has 0 atom stereocenters. The molecular formula is C21H21N5O2S. The van der Waals surface area contributed by atoms with Gasteiger partial charge in [-0.05, 0) is 43.3 Å². The largest absolute Gasteiger partial charge is 0.368 e. The molecule has 29 heavy (non-hydrogen) atoms. The molecule has 0 aliphatic carbocycles. The summed E-state index contributed by atoms with van der Waals surface area (Å²) in [6, 6.07) is 11.4. The third-order valence-electron chi connectivity index (χ3n) is 4.84. The van der Waals surface area contributed by atoms with E-state index in [0.717, 1.165) is 24.5 Å². The van der Waals surface area contributed by atoms with Crippen LogP contribution in [0.3, 0.4) is 0 Å². The molecule has 1 fully saturated rings. The van der Waals surface area contributed by atoms with Crippen molar-refractivity contribution in [2.45, 2.75) is 6.92 Å². The van der Waals surface area contributed by atoms with Crippen LogP contribution in [-0.2, 0) is 0 Å². The molecule has 0 radical (unpaired) electrons. The van der Waals surface area contributed by atoms with Crippen molar-refractivity contribution in [2.24, 2.45) is 0 Å². The number of hydrogen-bond acceptors (Lipinski definition) is 7. The summed E-state index contributed by atoms with van der Waals surface area (Å²) in [5.74, 6) is 0.0136. The molecule has 1 amide bonds. The molecule has 3 heterocycles. The Morgan fingerprint density at radius 1 is 1.07 bits per heavy atom. The second-order valence-corrected chi connectivity index (χ2v) is 7.65. The number of rotatable bonds is 5. The predicted molar refractivity (Wildman–Crippen MR) is 114 cm³/mol. The first kappa shape index (κ1) is 19.1. The fraction of sp³-hybridized carbons (Fsp3) is 0.238. The van der Waals surface area contributed by atoms with Crippen molar-refractivity contribution in [1.29, 1.82) is 0 Å². The van der Waals surface area contributed by atoms with E-state index in [2.05, 4.69) is 20.2 Å². The van der Waals surface area contributed by atoms with Crippen LogP contribution in [0.15, 0.2) is 54.2 Å². The third-order valence-corrected chi connectivity index (χ3v) is 5.60. The fourth-order valence-electron chi connectivity index (χ4n) is 3.23. The first-order chi connectivity index (χ1) is 14.1. The zero-order valence-electron chi connectivity index (χ0n) is 16.0. The van der Waals surface area contributed by atoms with Gasteiger partial charge in [0, 0.05) is 49.0 Å². The first-order valence-corrected chi connectivity index (χ1v) is 10.3. The number of aromatic nitrogens is 2. The standard InChI is InChI=1S/C21H21N5O2S/c1-15(27)16-4-6-18(7-5-16)25-9-11-26(12-10-25)20(28)19-14-29-21(24-19)23-17-3-2-8-22-13-17/h2-8,13-14H,9-12H2,1H3,(H,23,24). The summed E-state index contributed by atoms with van der Waals surface area (Å²) in [7, 11) is 0. The topological polar surface area (TPSA) is 78.4 Å². The van der Waals surface area contributed by atoms with Crippen molar-refractivity contribution in [3.05, 3.63) is 65.4 Å². The SMILES string of the molecule is CC(=O)c1ccc(N2CCN(C(=O)c3csc(Nc4cccnc4)n3)CC2)cc1. The predicted octanol–water partition coefficient (Wildman–Crippen LogP) is 3.45. The van der Waals surface area contributed by atoms with Gasteiger partial charge in [0.15, 0.2) is 10.9 Å². The van der Waals surface area contributed by atoms with Crippen LogP contribution >= 0.6 is 11.3 Å². The van der Waals surface area contributed by atoms with Gasteiger partial charge in [-0.2, -0.15) is 0 Å². The van der Waals surface area contributed by atoms with Gasteiger partial charge in [-0.3, -0.25) is 14.6 Å². The number of Topliss-reactive ketones (excluding diaryl/α,β-unsaturated/α-hetero) is 1. The number of thiazole rings is 1. The average molecular weight is 407 g/mol. The van der Waals surface area contributed by atoms with E-state index in [-0.39, 0.29) is 11.7 Å². The van der Waals surface area contributed by atoms with E-state index < -0.39 is 0 Å². The first-order valence-electron chi connectivity index (χ1n) is 9.38. The van der Waals surface area contributed by atoms with Gasteiger partial charge in [0.25, 0.3) is 5.91 Å². The molecule has 3 aromatic rings. The van der Waals surface area contributed by atoms with Crippen LogP contribution in [0.5, 0.6) is 0 Å². The average Bonchev–Trinajstić information content (AvgIpc) is 3.22. The zero-order valence-corrected chi connectivity index (χ0v) is 16.9. The summed E-state index contributed by atoms with van der Waals surface area (Å²) in [5.41, 5.74) is 3.08. The van der Waals surface area contributed by atoms with E-state index in [1.165, 1.54) is 11.3 Å². The number of hydrogen-bond donors (Lipinski definition) is 1. The van der Waals surface area contributed by atoms with Crippen LogP contribution < -0.4 is 10.2 Å². The van der Waals surface area contributed by atoms with Crippen molar-refractivity contribution in [1.82, 2.24) is 14.9 Å². The summed E-state index contributed by atoms with van der Waals surface area (Å²) in [4.78, 5) is 36.8. The Labute approximate surface area is 173 Å². The highest BCUT2D eigenvalue weighted by molar-refractivity contribution is 7.14. The molecule has 0 spiro atoms. The molecule has 4 rings (SSSR count). The monoisotopic (exact) mass is 407 g/mol. The minimum atomic E-state index is -0.0490. The van der Waals surface area contributed by atoms with Crippen molar-refractivity contribution in [3.8, 4) is 0 Å². The van der Waals surface area contributed by atoms with E-state index in [1.54, 1.807) is 24.7 Å². The van der Waals surface area contributed by atoms with Crippen molar-refractivity contribution in [3.63, 3.8) is 0 Å². The molecule has 1 aliphatic heterocycles. The minimum absolute atomic E-state index is 0.0490. The van der Waals surface area contributed by atoms with Crippen molar-refractivity contribution in [2.75, 3.05) is 36.4 Å². The number of anilines is 3. The molecule has 7 nitrogen and oxygen atoms in total. The highest BCUT2D eigenvalue weighted by Crippen LogP contribution is 2.22. The van der Waals surface area contributed by atoms with Gasteiger partial charge in [0.2, 0.25) is 0 Å². The molecule has 148 valence electrons. The van der Waals surface area contributed by atoms with Gasteiger partial charge >= 0.3 is 0 Å². The Morgan fingerprint density at radius 2 is 1.83 bits per heavy atom. The van der Waals surface area contributed by atoms with Crippen LogP contribution in [-0.4, -0.2) is 52.7 Å². The van der Waals surface area contributed by atoms with Crippen LogP contribution in [0.1, 0.15) is 27.8 Å². The number of nitrogens with zero attached hydrogens (tertiary/aromatic N) is 4. The molecule has 1 saturated heterocycles. The van der Waals surface area contributed by atoms with Gasteiger partial charge in [-0.1, -0.05) is 0 Å². The van der Waals surface area contributed by atoms with Gasteiger partial charge < -0.3 is 15.1 Å². The van der Waals surface area contributed by atoms with Gasteiger partial charge in [0.05, 0.1) is 11.9 Å². The maximum absolute atomic E-state index is 12.8. The normalized spacial score (nSPS) is 14.0. The van der Waals surface area contributed by atoms with E-state index in [9.17, 15) is 9.59 Å². The highest BCUT2D eigenvalue weighted by Gasteiger charge is 2.24. The van der Waals surface area contributed by atoms with Gasteiger partial charge in [-0.15, -0.1) is 11.3 Å². The lowest BCUT2D eigenvalue weighted by molar-refractivity contribution is 0.0741. The molecule has 2 aromatic heterocycles. The lowest BCUT2D eigenvalue weighted by Crippen LogP contribution is -2.48. The number of nitrogens with one attached hydrogen (secondary N) is 1. The lowest BCUT2D eigenvalue weighted by atomic mass is 10.1. The van der Waals surface area contributed by atoms with Gasteiger partial charge in [0.1, 0.15) is 5.69 Å². The fourth-order valence-corrected chi connectivity index (χ4v) is 3.93. The Morgan fingerprint density at radius 3 is 2.48 bits per heavy atom. The van der Waals surface area contributed by atoms with E-state index in [0.29, 0.717) is 29.5 Å². The Balaban J connectivity index is 1.35. The lowest BCUT2D eigenvalue weighted by Gasteiger charge is -2.35. The number of amides is 1. The maximum Gasteiger partial charge on any atom is 0.273 e. The smallest absolute Gasteiger partial charge is 0.273 e. The third kappa shape index (κ3) is 4.43.